The Balaban J connectivity index is 2.49. The Hall–Kier alpha value is -0.860. The number of aryl methyl sites for hydroxylation is 2. The summed E-state index contributed by atoms with van der Waals surface area (Å²) in [6, 6.07) is 7.80. The second-order valence-electron chi connectivity index (χ2n) is 3.14. The van der Waals surface area contributed by atoms with Gasteiger partial charge < -0.3 is 0 Å². The van der Waals surface area contributed by atoms with Crippen molar-refractivity contribution in [2.45, 2.75) is 13.8 Å². The van der Waals surface area contributed by atoms with Gasteiger partial charge in [0, 0.05) is 15.5 Å². The lowest BCUT2D eigenvalue weighted by molar-refractivity contribution is 1.28. The Morgan fingerprint density at radius 3 is 2.29 bits per heavy atom. The maximum atomic E-state index is 5.83. The van der Waals surface area contributed by atoms with E-state index in [2.05, 4.69) is 11.9 Å². The summed E-state index contributed by atoms with van der Waals surface area (Å²) in [5.74, 6) is 0. The number of aromatic nitrogens is 1. The maximum Gasteiger partial charge on any atom is 0.0904 e. The van der Waals surface area contributed by atoms with Crippen LogP contribution in [0.3, 0.4) is 0 Å². The molecule has 0 saturated heterocycles. The molecule has 0 radical (unpaired) electrons. The van der Waals surface area contributed by atoms with Gasteiger partial charge in [0.15, 0.2) is 0 Å². The summed E-state index contributed by atoms with van der Waals surface area (Å²) in [5, 5.41) is 1.87. The highest BCUT2D eigenvalue weighted by atomic mass is 35.5. The first kappa shape index (κ1) is 9.69. The molecule has 0 aliphatic rings. The summed E-state index contributed by atoms with van der Waals surface area (Å²) < 4.78 is 0. The van der Waals surface area contributed by atoms with Gasteiger partial charge in [-0.25, -0.2) is 4.98 Å². The highest BCUT2D eigenvalue weighted by Gasteiger charge is 2.06. The molecule has 0 saturated carbocycles. The van der Waals surface area contributed by atoms with Gasteiger partial charge in [0.1, 0.15) is 0 Å². The number of rotatable bonds is 1. The molecule has 0 atom stereocenters. The second kappa shape index (κ2) is 3.71. The van der Waals surface area contributed by atoms with Crippen LogP contribution in [0.25, 0.3) is 11.3 Å². The monoisotopic (exact) mass is 223 g/mol. The zero-order valence-corrected chi connectivity index (χ0v) is 9.62. The number of hydrogen-bond acceptors (Lipinski definition) is 2. The van der Waals surface area contributed by atoms with E-state index in [9.17, 15) is 0 Å². The quantitative estimate of drug-likeness (QED) is 0.710. The van der Waals surface area contributed by atoms with E-state index in [1.165, 1.54) is 4.88 Å². The van der Waals surface area contributed by atoms with E-state index in [1.54, 1.807) is 11.3 Å². The van der Waals surface area contributed by atoms with Crippen molar-refractivity contribution in [1.82, 2.24) is 4.98 Å². The van der Waals surface area contributed by atoms with Gasteiger partial charge in [-0.05, 0) is 26.0 Å². The number of hydrogen-bond donors (Lipinski definition) is 0. The first-order valence-electron chi connectivity index (χ1n) is 4.37. The second-order valence-corrected chi connectivity index (χ2v) is 4.99. The van der Waals surface area contributed by atoms with Gasteiger partial charge in [-0.15, -0.1) is 11.3 Å². The molecular weight excluding hydrogens is 214 g/mol. The molecule has 0 bridgehead atoms. The van der Waals surface area contributed by atoms with E-state index in [0.29, 0.717) is 0 Å². The third-order valence-corrected chi connectivity index (χ3v) is 3.16. The van der Waals surface area contributed by atoms with Gasteiger partial charge in [-0.3, -0.25) is 0 Å². The van der Waals surface area contributed by atoms with Gasteiger partial charge in [-0.2, -0.15) is 0 Å². The van der Waals surface area contributed by atoms with Gasteiger partial charge in [0.2, 0.25) is 0 Å². The smallest absolute Gasteiger partial charge is 0.0904 e. The molecular formula is C11H10ClNS. The Bertz CT molecular complexity index is 445. The topological polar surface area (TPSA) is 12.9 Å². The Kier molecular flexibility index (Phi) is 2.57. The van der Waals surface area contributed by atoms with Crippen LogP contribution in [0, 0.1) is 13.8 Å². The van der Waals surface area contributed by atoms with Crippen molar-refractivity contribution in [3.05, 3.63) is 39.2 Å². The van der Waals surface area contributed by atoms with Crippen LogP contribution in [0.4, 0.5) is 0 Å². The highest BCUT2D eigenvalue weighted by Crippen LogP contribution is 2.27. The van der Waals surface area contributed by atoms with Crippen LogP contribution in [0.1, 0.15) is 9.88 Å². The molecule has 2 rings (SSSR count). The van der Waals surface area contributed by atoms with E-state index in [1.807, 2.05) is 31.2 Å². The molecule has 0 N–H and O–H groups in total. The van der Waals surface area contributed by atoms with Crippen LogP contribution in [0.5, 0.6) is 0 Å². The standard InChI is InChI=1S/C11H10ClNS/c1-7-11(13-8(2)14-7)9-3-5-10(12)6-4-9/h3-6H,1-2H3. The molecule has 0 aliphatic carbocycles. The lowest BCUT2D eigenvalue weighted by Crippen LogP contribution is -1.79. The fourth-order valence-corrected chi connectivity index (χ4v) is 2.37. The van der Waals surface area contributed by atoms with E-state index in [-0.39, 0.29) is 0 Å². The average Bonchev–Trinajstić information content (AvgIpc) is 2.47. The lowest BCUT2D eigenvalue weighted by Gasteiger charge is -1.98. The fourth-order valence-electron chi connectivity index (χ4n) is 1.40. The maximum absolute atomic E-state index is 5.83. The number of thiazole rings is 1. The van der Waals surface area contributed by atoms with Crippen LogP contribution < -0.4 is 0 Å². The Labute approximate surface area is 92.4 Å². The van der Waals surface area contributed by atoms with E-state index in [0.717, 1.165) is 21.3 Å². The fraction of sp³-hybridized carbons (Fsp3) is 0.182. The predicted molar refractivity (Wildman–Crippen MR) is 62.0 cm³/mol. The third kappa shape index (κ3) is 1.81. The van der Waals surface area contributed by atoms with Gasteiger partial charge in [0.25, 0.3) is 0 Å². The van der Waals surface area contributed by atoms with E-state index < -0.39 is 0 Å². The van der Waals surface area contributed by atoms with Gasteiger partial charge >= 0.3 is 0 Å². The minimum absolute atomic E-state index is 0.762. The van der Waals surface area contributed by atoms with Crippen molar-refractivity contribution in [2.24, 2.45) is 0 Å². The molecule has 14 heavy (non-hydrogen) atoms. The zero-order valence-electron chi connectivity index (χ0n) is 8.04. The van der Waals surface area contributed by atoms with Crippen LogP contribution in [0.2, 0.25) is 5.02 Å². The van der Waals surface area contributed by atoms with Gasteiger partial charge in [-0.1, -0.05) is 23.7 Å². The molecule has 0 amide bonds. The molecule has 1 heterocycles. The SMILES string of the molecule is Cc1nc(-c2ccc(Cl)cc2)c(C)s1. The van der Waals surface area contributed by atoms with Crippen molar-refractivity contribution in [3.8, 4) is 11.3 Å². The molecule has 1 nitrogen and oxygen atoms in total. The summed E-state index contributed by atoms with van der Waals surface area (Å²) in [4.78, 5) is 5.74. The Morgan fingerprint density at radius 1 is 1.14 bits per heavy atom. The summed E-state index contributed by atoms with van der Waals surface area (Å²) >= 11 is 7.55. The number of halogens is 1. The minimum Gasteiger partial charge on any atom is -0.241 e. The largest absolute Gasteiger partial charge is 0.241 e. The average molecular weight is 224 g/mol. The Morgan fingerprint density at radius 2 is 1.79 bits per heavy atom. The normalized spacial score (nSPS) is 10.5. The zero-order chi connectivity index (χ0) is 10.1. The molecule has 0 unspecified atom stereocenters. The van der Waals surface area contributed by atoms with Crippen molar-refractivity contribution in [1.29, 1.82) is 0 Å². The molecule has 3 heteroatoms. The van der Waals surface area contributed by atoms with Crippen molar-refractivity contribution < 1.29 is 0 Å². The summed E-state index contributed by atoms with van der Waals surface area (Å²) in [6.45, 7) is 4.12. The van der Waals surface area contributed by atoms with Crippen LogP contribution in [-0.4, -0.2) is 4.98 Å². The summed E-state index contributed by atoms with van der Waals surface area (Å²) in [7, 11) is 0. The van der Waals surface area contributed by atoms with E-state index in [4.69, 9.17) is 11.6 Å². The highest BCUT2D eigenvalue weighted by molar-refractivity contribution is 7.11. The first-order chi connectivity index (χ1) is 6.66. The van der Waals surface area contributed by atoms with E-state index >= 15 is 0 Å². The molecule has 2 aromatic rings. The van der Waals surface area contributed by atoms with Crippen molar-refractivity contribution in [3.63, 3.8) is 0 Å². The molecule has 0 aliphatic heterocycles. The van der Waals surface area contributed by atoms with Crippen molar-refractivity contribution in [2.75, 3.05) is 0 Å². The van der Waals surface area contributed by atoms with Gasteiger partial charge in [0.05, 0.1) is 10.7 Å². The lowest BCUT2D eigenvalue weighted by atomic mass is 10.1. The first-order valence-corrected chi connectivity index (χ1v) is 5.56. The molecule has 1 aromatic heterocycles. The number of nitrogens with zero attached hydrogens (tertiary/aromatic N) is 1. The van der Waals surface area contributed by atoms with Crippen LogP contribution in [0.15, 0.2) is 24.3 Å². The van der Waals surface area contributed by atoms with Crippen LogP contribution in [-0.2, 0) is 0 Å². The molecule has 1 aromatic carbocycles. The molecule has 72 valence electrons. The molecule has 0 fully saturated rings. The third-order valence-electron chi connectivity index (χ3n) is 2.02. The molecule has 0 spiro atoms. The minimum atomic E-state index is 0.762. The van der Waals surface area contributed by atoms with Crippen molar-refractivity contribution >= 4 is 22.9 Å². The summed E-state index contributed by atoms with van der Waals surface area (Å²) in [5.41, 5.74) is 2.21. The predicted octanol–water partition coefficient (Wildman–Crippen LogP) is 4.08. The van der Waals surface area contributed by atoms with Crippen LogP contribution >= 0.6 is 22.9 Å². The number of benzene rings is 1. The summed E-state index contributed by atoms with van der Waals surface area (Å²) in [6.07, 6.45) is 0.